The van der Waals surface area contributed by atoms with Crippen molar-refractivity contribution in [1.82, 2.24) is 0 Å². The van der Waals surface area contributed by atoms with Crippen molar-refractivity contribution in [3.05, 3.63) is 0 Å². The second-order valence-electron chi connectivity index (χ2n) is 2.94. The molecule has 0 unspecified atom stereocenters. The highest BCUT2D eigenvalue weighted by Gasteiger charge is 2.26. The average Bonchev–Trinajstić information content (AvgIpc) is 2.48. The molecule has 80 valence electrons. The fourth-order valence-electron chi connectivity index (χ4n) is 0.983. The molecule has 1 aliphatic rings. The van der Waals surface area contributed by atoms with Crippen LogP contribution in [-0.4, -0.2) is 50.3 Å². The van der Waals surface area contributed by atoms with Crippen molar-refractivity contribution in [1.29, 1.82) is 0 Å². The van der Waals surface area contributed by atoms with Crippen molar-refractivity contribution >= 4 is 32.6 Å². The Labute approximate surface area is 86.8 Å². The average molecular weight is 237 g/mol. The first-order valence-electron chi connectivity index (χ1n) is 3.87. The van der Waals surface area contributed by atoms with Crippen LogP contribution in [-0.2, 0) is 19.4 Å². The predicted octanol–water partition coefficient (Wildman–Crippen LogP) is -0.282. The first-order chi connectivity index (χ1) is 6.42. The molecule has 0 radical (unpaired) electrons. The first-order valence-corrected chi connectivity index (χ1v) is 6.92. The molecule has 5 nitrogen and oxygen atoms in total. The highest BCUT2D eigenvalue weighted by molar-refractivity contribution is 8.15. The van der Waals surface area contributed by atoms with E-state index < -0.39 is 21.8 Å². The van der Waals surface area contributed by atoms with E-state index in [1.807, 2.05) is 0 Å². The van der Waals surface area contributed by atoms with Crippen molar-refractivity contribution in [2.75, 3.05) is 24.9 Å². The normalized spacial score (nSPS) is 21.9. The molecule has 7 heteroatoms. The van der Waals surface area contributed by atoms with E-state index in [-0.39, 0.29) is 5.75 Å². The minimum atomic E-state index is -3.07. The monoisotopic (exact) mass is 237 g/mol. The van der Waals surface area contributed by atoms with Gasteiger partial charge in [-0.2, -0.15) is 0 Å². The van der Waals surface area contributed by atoms with Crippen LogP contribution < -0.4 is 0 Å². The first kappa shape index (κ1) is 11.5. The van der Waals surface area contributed by atoms with Crippen molar-refractivity contribution in [2.45, 2.75) is 6.04 Å². The molecule has 1 aliphatic heterocycles. The maximum atomic E-state index is 11.0. The smallest absolute Gasteiger partial charge is 0.331 e. The number of rotatable bonds is 3. The third-order valence-corrected chi connectivity index (χ3v) is 3.61. The van der Waals surface area contributed by atoms with Crippen LogP contribution in [0, 0.1) is 0 Å². The molecule has 0 spiro atoms. The molecule has 0 aromatic rings. The fourth-order valence-corrected chi connectivity index (χ4v) is 3.24. The van der Waals surface area contributed by atoms with Crippen molar-refractivity contribution < 1.29 is 17.9 Å². The molecule has 0 fully saturated rings. The van der Waals surface area contributed by atoms with Crippen LogP contribution in [0.2, 0.25) is 0 Å². The SMILES string of the molecule is COC(=O)[C@@H]1CSC(CS(C)(=O)=O)=N1. The molecule has 0 amide bonds. The van der Waals surface area contributed by atoms with Gasteiger partial charge in [-0.25, -0.2) is 13.2 Å². The number of methoxy groups -OCH3 is 1. The summed E-state index contributed by atoms with van der Waals surface area (Å²) in [6.07, 6.45) is 1.14. The van der Waals surface area contributed by atoms with E-state index in [0.29, 0.717) is 10.8 Å². The van der Waals surface area contributed by atoms with Crippen LogP contribution in [0.1, 0.15) is 0 Å². The van der Waals surface area contributed by atoms with E-state index in [4.69, 9.17) is 0 Å². The minimum absolute atomic E-state index is 0.0921. The topological polar surface area (TPSA) is 72.8 Å². The zero-order valence-electron chi connectivity index (χ0n) is 7.89. The van der Waals surface area contributed by atoms with E-state index in [0.717, 1.165) is 6.26 Å². The summed E-state index contributed by atoms with van der Waals surface area (Å²) in [5.41, 5.74) is 0. The second-order valence-corrected chi connectivity index (χ2v) is 6.18. The molecule has 0 bridgehead atoms. The number of esters is 1. The summed E-state index contributed by atoms with van der Waals surface area (Å²) in [5.74, 6) is -0.0381. The van der Waals surface area contributed by atoms with E-state index in [9.17, 15) is 13.2 Å². The van der Waals surface area contributed by atoms with Crippen LogP contribution >= 0.6 is 11.8 Å². The van der Waals surface area contributed by atoms with Crippen molar-refractivity contribution in [3.8, 4) is 0 Å². The van der Waals surface area contributed by atoms with Gasteiger partial charge in [0.1, 0.15) is 0 Å². The fraction of sp³-hybridized carbons (Fsp3) is 0.714. The number of sulfone groups is 1. The van der Waals surface area contributed by atoms with Crippen molar-refractivity contribution in [2.24, 2.45) is 4.99 Å². The van der Waals surface area contributed by atoms with E-state index in [2.05, 4.69) is 9.73 Å². The van der Waals surface area contributed by atoms with E-state index in [1.54, 1.807) is 0 Å². The number of nitrogens with zero attached hydrogens (tertiary/aromatic N) is 1. The molecule has 0 aliphatic carbocycles. The lowest BCUT2D eigenvalue weighted by molar-refractivity contribution is -0.141. The molecule has 0 saturated heterocycles. The molecule has 0 aromatic carbocycles. The Morgan fingerprint density at radius 2 is 2.36 bits per heavy atom. The number of thioether (sulfide) groups is 1. The summed E-state index contributed by atoms with van der Waals surface area (Å²) < 4.78 is 26.3. The summed E-state index contributed by atoms with van der Waals surface area (Å²) in [6.45, 7) is 0. The molecule has 1 rings (SSSR count). The third kappa shape index (κ3) is 3.30. The molecule has 0 aromatic heterocycles. The molecule has 14 heavy (non-hydrogen) atoms. The number of hydrogen-bond acceptors (Lipinski definition) is 6. The van der Waals surface area contributed by atoms with Gasteiger partial charge >= 0.3 is 5.97 Å². The van der Waals surface area contributed by atoms with E-state index >= 15 is 0 Å². The van der Waals surface area contributed by atoms with Gasteiger partial charge in [0.15, 0.2) is 15.9 Å². The van der Waals surface area contributed by atoms with Crippen LogP contribution in [0.15, 0.2) is 4.99 Å². The number of carbonyl (C=O) groups excluding carboxylic acids is 1. The Morgan fingerprint density at radius 3 is 2.86 bits per heavy atom. The van der Waals surface area contributed by atoms with Gasteiger partial charge in [-0.1, -0.05) is 0 Å². The van der Waals surface area contributed by atoms with Crippen LogP contribution in [0.25, 0.3) is 0 Å². The zero-order valence-corrected chi connectivity index (χ0v) is 9.52. The molecule has 1 atom stereocenters. The highest BCUT2D eigenvalue weighted by atomic mass is 32.2. The second kappa shape index (κ2) is 4.31. The van der Waals surface area contributed by atoms with Crippen LogP contribution in [0.4, 0.5) is 0 Å². The number of carbonyl (C=O) groups is 1. The Bertz CT molecular complexity index is 360. The van der Waals surface area contributed by atoms with Gasteiger partial charge in [0.25, 0.3) is 0 Å². The number of hydrogen-bond donors (Lipinski definition) is 0. The number of ether oxygens (including phenoxy) is 1. The Hall–Kier alpha value is -0.560. The van der Waals surface area contributed by atoms with Gasteiger partial charge in [-0.05, 0) is 0 Å². The van der Waals surface area contributed by atoms with Gasteiger partial charge in [-0.3, -0.25) is 4.99 Å². The van der Waals surface area contributed by atoms with Gasteiger partial charge in [0, 0.05) is 12.0 Å². The Balaban J connectivity index is 2.64. The van der Waals surface area contributed by atoms with Crippen molar-refractivity contribution in [3.63, 3.8) is 0 Å². The summed E-state index contributed by atoms with van der Waals surface area (Å²) in [5, 5.41) is 0.489. The standard InChI is InChI=1S/C7H11NO4S2/c1-12-7(9)5-3-13-6(8-5)4-14(2,10)11/h5H,3-4H2,1-2H3/t5-/m0/s1. The molecule has 0 N–H and O–H groups in total. The summed E-state index contributed by atoms with van der Waals surface area (Å²) in [4.78, 5) is 15.0. The lowest BCUT2D eigenvalue weighted by Crippen LogP contribution is -2.20. The maximum Gasteiger partial charge on any atom is 0.331 e. The highest BCUT2D eigenvalue weighted by Crippen LogP contribution is 2.19. The summed E-state index contributed by atoms with van der Waals surface area (Å²) in [6, 6.07) is -0.540. The summed E-state index contributed by atoms with van der Waals surface area (Å²) in [7, 11) is -1.78. The van der Waals surface area contributed by atoms with Crippen LogP contribution in [0.5, 0.6) is 0 Å². The molecular weight excluding hydrogens is 226 g/mol. The third-order valence-electron chi connectivity index (χ3n) is 1.57. The largest absolute Gasteiger partial charge is 0.467 e. The maximum absolute atomic E-state index is 11.0. The lowest BCUT2D eigenvalue weighted by atomic mass is 10.4. The summed E-state index contributed by atoms with van der Waals surface area (Å²) >= 11 is 1.29. The Kier molecular flexibility index (Phi) is 3.54. The van der Waals surface area contributed by atoms with Gasteiger partial charge in [-0.15, -0.1) is 11.8 Å². The molecular formula is C7H11NO4S2. The van der Waals surface area contributed by atoms with E-state index in [1.165, 1.54) is 18.9 Å². The van der Waals surface area contributed by atoms with Gasteiger partial charge < -0.3 is 4.74 Å². The van der Waals surface area contributed by atoms with Gasteiger partial charge in [0.2, 0.25) is 0 Å². The van der Waals surface area contributed by atoms with Gasteiger partial charge in [0.05, 0.1) is 17.9 Å². The number of aliphatic imine (C=N–C) groups is 1. The van der Waals surface area contributed by atoms with Crippen LogP contribution in [0.3, 0.4) is 0 Å². The Morgan fingerprint density at radius 1 is 1.71 bits per heavy atom. The zero-order chi connectivity index (χ0) is 10.8. The quantitative estimate of drug-likeness (QED) is 0.631. The lowest BCUT2D eigenvalue weighted by Gasteiger charge is -2.00. The molecule has 0 saturated carbocycles. The molecule has 1 heterocycles. The predicted molar refractivity (Wildman–Crippen MR) is 55.4 cm³/mol. The minimum Gasteiger partial charge on any atom is -0.467 e.